The van der Waals surface area contributed by atoms with Crippen molar-refractivity contribution in [2.24, 2.45) is 0 Å². The number of benzene rings is 1. The zero-order chi connectivity index (χ0) is 14.7. The number of fused-ring (bicyclic) bond motifs is 1. The molecule has 0 bridgehead atoms. The second-order valence-corrected chi connectivity index (χ2v) is 6.11. The third-order valence-corrected chi connectivity index (χ3v) is 4.15. The van der Waals surface area contributed by atoms with Gasteiger partial charge in [0, 0.05) is 6.04 Å². The maximum Gasteiger partial charge on any atom is 0.161 e. The number of hydrogen-bond donors (Lipinski definition) is 1. The van der Waals surface area contributed by atoms with Gasteiger partial charge < -0.3 is 19.5 Å². The Kier molecular flexibility index (Phi) is 4.66. The Morgan fingerprint density at radius 2 is 1.76 bits per heavy atom. The maximum absolute atomic E-state index is 5.77. The highest BCUT2D eigenvalue weighted by molar-refractivity contribution is 5.43. The van der Waals surface area contributed by atoms with Crippen molar-refractivity contribution in [3.63, 3.8) is 0 Å². The van der Waals surface area contributed by atoms with E-state index >= 15 is 0 Å². The fourth-order valence-corrected chi connectivity index (χ4v) is 3.24. The lowest BCUT2D eigenvalue weighted by Gasteiger charge is -2.32. The molecule has 2 heterocycles. The lowest BCUT2D eigenvalue weighted by atomic mass is 9.99. The molecule has 2 atom stereocenters. The summed E-state index contributed by atoms with van der Waals surface area (Å²) in [6, 6.07) is 6.82. The van der Waals surface area contributed by atoms with Crippen LogP contribution in [0.2, 0.25) is 0 Å². The van der Waals surface area contributed by atoms with Crippen LogP contribution in [0.15, 0.2) is 18.2 Å². The van der Waals surface area contributed by atoms with Crippen LogP contribution in [0, 0.1) is 0 Å². The Labute approximate surface area is 126 Å². The van der Waals surface area contributed by atoms with Crippen LogP contribution in [-0.2, 0) is 11.2 Å². The van der Waals surface area contributed by atoms with E-state index in [1.54, 1.807) is 0 Å². The number of hydrogen-bond acceptors (Lipinski definition) is 4. The highest BCUT2D eigenvalue weighted by Crippen LogP contribution is 2.30. The third kappa shape index (κ3) is 3.89. The van der Waals surface area contributed by atoms with Gasteiger partial charge in [0.2, 0.25) is 0 Å². The van der Waals surface area contributed by atoms with Crippen LogP contribution >= 0.6 is 0 Å². The lowest BCUT2D eigenvalue weighted by Crippen LogP contribution is -2.41. The van der Waals surface area contributed by atoms with Crippen molar-refractivity contribution in [1.82, 2.24) is 5.32 Å². The van der Waals surface area contributed by atoms with Crippen molar-refractivity contribution in [1.29, 1.82) is 0 Å². The summed E-state index contributed by atoms with van der Waals surface area (Å²) in [5.41, 5.74) is 1.29. The molecule has 0 amide bonds. The Bertz CT molecular complexity index is 467. The minimum Gasteiger partial charge on any atom is -0.486 e. The van der Waals surface area contributed by atoms with Gasteiger partial charge in [0.05, 0.1) is 12.2 Å². The van der Waals surface area contributed by atoms with Gasteiger partial charge in [0.25, 0.3) is 0 Å². The Balaban J connectivity index is 1.49. The molecule has 1 saturated heterocycles. The minimum atomic E-state index is 0.362. The monoisotopic (exact) mass is 291 g/mol. The summed E-state index contributed by atoms with van der Waals surface area (Å²) in [5.74, 6) is 1.75. The first kappa shape index (κ1) is 14.7. The molecule has 3 rings (SSSR count). The molecule has 2 aliphatic rings. The zero-order valence-electron chi connectivity index (χ0n) is 12.9. The molecule has 0 saturated carbocycles. The average Bonchev–Trinajstić information content (AvgIpc) is 2.46. The molecule has 1 aromatic carbocycles. The molecule has 21 heavy (non-hydrogen) atoms. The Morgan fingerprint density at radius 3 is 2.52 bits per heavy atom. The van der Waals surface area contributed by atoms with Gasteiger partial charge in [0.1, 0.15) is 13.2 Å². The van der Waals surface area contributed by atoms with Gasteiger partial charge in [-0.3, -0.25) is 0 Å². The van der Waals surface area contributed by atoms with Gasteiger partial charge in [-0.1, -0.05) is 6.07 Å². The summed E-state index contributed by atoms with van der Waals surface area (Å²) in [6.07, 6.45) is 3.94. The number of rotatable bonds is 4. The van der Waals surface area contributed by atoms with Gasteiger partial charge in [-0.05, 0) is 57.4 Å². The van der Waals surface area contributed by atoms with E-state index in [1.165, 1.54) is 5.56 Å². The number of ether oxygens (including phenoxy) is 3. The van der Waals surface area contributed by atoms with Crippen molar-refractivity contribution in [3.05, 3.63) is 23.8 Å². The van der Waals surface area contributed by atoms with Gasteiger partial charge >= 0.3 is 0 Å². The third-order valence-electron chi connectivity index (χ3n) is 4.15. The fraction of sp³-hybridized carbons (Fsp3) is 0.647. The van der Waals surface area contributed by atoms with E-state index in [0.717, 1.165) is 37.3 Å². The SMILES string of the molecule is CC1CC(NCCc2ccc3c(c2)OCCO3)CC(C)O1. The molecule has 1 aromatic rings. The number of nitrogens with one attached hydrogen (secondary N) is 1. The van der Waals surface area contributed by atoms with E-state index in [1.807, 2.05) is 6.07 Å². The van der Waals surface area contributed by atoms with Crippen LogP contribution in [0.25, 0.3) is 0 Å². The van der Waals surface area contributed by atoms with Crippen LogP contribution in [0.4, 0.5) is 0 Å². The first-order valence-electron chi connectivity index (χ1n) is 7.98. The van der Waals surface area contributed by atoms with E-state index in [9.17, 15) is 0 Å². The first-order valence-corrected chi connectivity index (χ1v) is 7.98. The quantitative estimate of drug-likeness (QED) is 0.925. The van der Waals surface area contributed by atoms with Crippen LogP contribution in [-0.4, -0.2) is 38.0 Å². The minimum absolute atomic E-state index is 0.362. The predicted molar refractivity (Wildman–Crippen MR) is 82.2 cm³/mol. The van der Waals surface area contributed by atoms with E-state index in [0.29, 0.717) is 31.5 Å². The molecule has 0 radical (unpaired) electrons. The van der Waals surface area contributed by atoms with Crippen molar-refractivity contribution < 1.29 is 14.2 Å². The predicted octanol–water partition coefficient (Wildman–Crippen LogP) is 2.55. The standard InChI is InChI=1S/C17H25NO3/c1-12-9-15(10-13(2)21-12)18-6-5-14-3-4-16-17(11-14)20-8-7-19-16/h3-4,11-13,15,18H,5-10H2,1-2H3. The largest absolute Gasteiger partial charge is 0.486 e. The lowest BCUT2D eigenvalue weighted by molar-refractivity contribution is -0.0419. The molecule has 2 aliphatic heterocycles. The molecule has 0 spiro atoms. The second-order valence-electron chi connectivity index (χ2n) is 6.11. The highest BCUT2D eigenvalue weighted by atomic mass is 16.6. The van der Waals surface area contributed by atoms with Crippen molar-refractivity contribution >= 4 is 0 Å². The van der Waals surface area contributed by atoms with Gasteiger partial charge in [-0.25, -0.2) is 0 Å². The highest BCUT2D eigenvalue weighted by Gasteiger charge is 2.23. The smallest absolute Gasteiger partial charge is 0.161 e. The fourth-order valence-electron chi connectivity index (χ4n) is 3.24. The summed E-state index contributed by atoms with van der Waals surface area (Å²) >= 11 is 0. The summed E-state index contributed by atoms with van der Waals surface area (Å²) in [7, 11) is 0. The molecular weight excluding hydrogens is 266 g/mol. The van der Waals surface area contributed by atoms with Crippen molar-refractivity contribution in [2.45, 2.75) is 51.4 Å². The van der Waals surface area contributed by atoms with E-state index in [4.69, 9.17) is 14.2 Å². The molecule has 1 fully saturated rings. The Hall–Kier alpha value is -1.26. The van der Waals surface area contributed by atoms with Crippen LogP contribution in [0.3, 0.4) is 0 Å². The molecule has 4 heteroatoms. The van der Waals surface area contributed by atoms with Gasteiger partial charge in [0.15, 0.2) is 11.5 Å². The van der Waals surface area contributed by atoms with Gasteiger partial charge in [-0.15, -0.1) is 0 Å². The topological polar surface area (TPSA) is 39.7 Å². The molecule has 2 unspecified atom stereocenters. The van der Waals surface area contributed by atoms with E-state index in [-0.39, 0.29) is 0 Å². The first-order chi connectivity index (χ1) is 10.2. The second kappa shape index (κ2) is 6.67. The molecule has 4 nitrogen and oxygen atoms in total. The van der Waals surface area contributed by atoms with Crippen molar-refractivity contribution in [3.8, 4) is 11.5 Å². The van der Waals surface area contributed by atoms with Gasteiger partial charge in [-0.2, -0.15) is 0 Å². The summed E-state index contributed by atoms with van der Waals surface area (Å²) in [4.78, 5) is 0. The Morgan fingerprint density at radius 1 is 1.05 bits per heavy atom. The zero-order valence-corrected chi connectivity index (χ0v) is 12.9. The summed E-state index contributed by atoms with van der Waals surface area (Å²) in [6.45, 7) is 6.60. The maximum atomic E-state index is 5.77. The summed E-state index contributed by atoms with van der Waals surface area (Å²) in [5, 5.41) is 3.66. The normalized spacial score (nSPS) is 28.4. The average molecular weight is 291 g/mol. The van der Waals surface area contributed by atoms with E-state index < -0.39 is 0 Å². The molecule has 1 N–H and O–H groups in total. The molecule has 0 aromatic heterocycles. The molecule has 116 valence electrons. The molecular formula is C17H25NO3. The van der Waals surface area contributed by atoms with Crippen LogP contribution in [0.1, 0.15) is 32.3 Å². The molecule has 0 aliphatic carbocycles. The van der Waals surface area contributed by atoms with E-state index in [2.05, 4.69) is 31.3 Å². The van der Waals surface area contributed by atoms with Crippen molar-refractivity contribution in [2.75, 3.05) is 19.8 Å². The van der Waals surface area contributed by atoms with Crippen LogP contribution in [0.5, 0.6) is 11.5 Å². The summed E-state index contributed by atoms with van der Waals surface area (Å²) < 4.78 is 16.9. The van der Waals surface area contributed by atoms with Crippen LogP contribution < -0.4 is 14.8 Å².